The Morgan fingerprint density at radius 3 is 2.07 bits per heavy atom. The van der Waals surface area contributed by atoms with Crippen LogP contribution in [-0.2, 0) is 17.6 Å². The van der Waals surface area contributed by atoms with Gasteiger partial charge < -0.3 is 4.55 Å². The number of rotatable bonds is 5. The van der Waals surface area contributed by atoms with Gasteiger partial charge in [0, 0.05) is 33.1 Å². The molecule has 0 fully saturated rings. The standard InChI is InChI=1S/C17H7Br2F7NOS/c18-11-6-13(19)12(5-9-1-3-10(8-27)4-2-9)14(7-11)29(28)17(25,26)15(20,21)16(22,23)24/h1-4,7H,5H2. The molecule has 155 valence electrons. The molecule has 2 aromatic rings. The first kappa shape index (κ1) is 24.0. The average molecular weight is 566 g/mol. The van der Waals surface area contributed by atoms with Gasteiger partial charge in [-0.1, -0.05) is 12.1 Å². The molecule has 0 aromatic heterocycles. The molecule has 1 atom stereocenters. The van der Waals surface area contributed by atoms with Crippen molar-refractivity contribution in [3.63, 3.8) is 0 Å². The van der Waals surface area contributed by atoms with Crippen molar-refractivity contribution >= 4 is 43.0 Å². The number of nitrogens with zero attached hydrogens (tertiary/aromatic N) is 1. The zero-order chi connectivity index (χ0) is 22.2. The minimum absolute atomic E-state index is 0.0503. The van der Waals surface area contributed by atoms with Crippen LogP contribution < -0.4 is 0 Å². The fourth-order valence-corrected chi connectivity index (χ4v) is 4.97. The van der Waals surface area contributed by atoms with E-state index in [0.717, 1.165) is 6.07 Å². The van der Waals surface area contributed by atoms with Crippen LogP contribution in [0.2, 0.25) is 0 Å². The highest BCUT2D eigenvalue weighted by atomic mass is 79.9. The van der Waals surface area contributed by atoms with Crippen LogP contribution in [0.15, 0.2) is 44.2 Å². The molecule has 0 bridgehead atoms. The first-order valence-corrected chi connectivity index (χ1v) is 10.1. The molecule has 0 heterocycles. The Labute approximate surface area is 180 Å². The molecule has 0 saturated carbocycles. The number of nitriles is 1. The van der Waals surface area contributed by atoms with E-state index in [-0.39, 0.29) is 26.5 Å². The van der Waals surface area contributed by atoms with E-state index in [1.54, 1.807) is 0 Å². The van der Waals surface area contributed by atoms with E-state index in [1.165, 1.54) is 24.3 Å². The maximum Gasteiger partial charge on any atom is 0.486 e. The van der Waals surface area contributed by atoms with Crippen molar-refractivity contribution < 1.29 is 35.3 Å². The number of hydrogen-bond acceptors (Lipinski definition) is 2. The summed E-state index contributed by atoms with van der Waals surface area (Å²) in [7, 11) is 0. The second-order valence-electron chi connectivity index (χ2n) is 5.62. The van der Waals surface area contributed by atoms with Crippen LogP contribution in [0.25, 0.3) is 0 Å². The molecule has 0 saturated heterocycles. The molecule has 0 N–H and O–H groups in total. The molecule has 0 aliphatic rings. The Bertz CT molecular complexity index is 943. The Morgan fingerprint density at radius 1 is 1.03 bits per heavy atom. The fourth-order valence-electron chi connectivity index (χ4n) is 2.18. The second kappa shape index (κ2) is 8.45. The zero-order valence-electron chi connectivity index (χ0n) is 13.8. The topological polar surface area (TPSA) is 46.8 Å². The van der Waals surface area contributed by atoms with Gasteiger partial charge in [-0.2, -0.15) is 27.2 Å². The van der Waals surface area contributed by atoms with Crippen LogP contribution in [0.5, 0.6) is 0 Å². The molecular weight excluding hydrogens is 559 g/mol. The summed E-state index contributed by atoms with van der Waals surface area (Å²) in [6.07, 6.45) is -6.85. The fraction of sp³-hybridized carbons (Fsp3) is 0.235. The van der Waals surface area contributed by atoms with Gasteiger partial charge in [0.05, 0.1) is 22.8 Å². The summed E-state index contributed by atoms with van der Waals surface area (Å²) in [5, 5.41) is 2.86. The van der Waals surface area contributed by atoms with Gasteiger partial charge in [0.2, 0.25) is 0 Å². The molecule has 29 heavy (non-hydrogen) atoms. The second-order valence-corrected chi connectivity index (χ2v) is 8.75. The summed E-state index contributed by atoms with van der Waals surface area (Å²) in [5.74, 6) is -6.52. The Morgan fingerprint density at radius 2 is 1.59 bits per heavy atom. The number of benzene rings is 2. The molecule has 0 aliphatic heterocycles. The van der Waals surface area contributed by atoms with Crippen LogP contribution in [0.4, 0.5) is 30.7 Å². The quantitative estimate of drug-likeness (QED) is 0.312. The van der Waals surface area contributed by atoms with Gasteiger partial charge in [-0.05, 0) is 49.6 Å². The van der Waals surface area contributed by atoms with Crippen molar-refractivity contribution in [2.75, 3.05) is 0 Å². The van der Waals surface area contributed by atoms with Gasteiger partial charge >= 0.3 is 17.4 Å². The van der Waals surface area contributed by atoms with Crippen molar-refractivity contribution in [1.82, 2.24) is 0 Å². The molecule has 2 aromatic carbocycles. The van der Waals surface area contributed by atoms with E-state index in [0.29, 0.717) is 5.56 Å². The predicted molar refractivity (Wildman–Crippen MR) is 97.0 cm³/mol. The SMILES string of the molecule is N#Cc1ccc(Cc2c(Br)[c]c(Br)cc2[S+]([O-])C(F)(F)C(F)(F)C(F)(F)F)cc1. The lowest BCUT2D eigenvalue weighted by atomic mass is 10.0. The summed E-state index contributed by atoms with van der Waals surface area (Å²) in [4.78, 5) is -0.916. The van der Waals surface area contributed by atoms with E-state index in [2.05, 4.69) is 37.9 Å². The van der Waals surface area contributed by atoms with Crippen molar-refractivity contribution in [2.24, 2.45) is 0 Å². The van der Waals surface area contributed by atoms with Crippen LogP contribution in [0.3, 0.4) is 0 Å². The molecule has 12 heteroatoms. The van der Waals surface area contributed by atoms with Gasteiger partial charge in [0.15, 0.2) is 4.90 Å². The highest BCUT2D eigenvalue weighted by Gasteiger charge is 2.80. The van der Waals surface area contributed by atoms with Crippen molar-refractivity contribution in [3.8, 4) is 6.07 Å². The maximum atomic E-state index is 14.0. The largest absolute Gasteiger partial charge is 0.607 e. The highest BCUT2D eigenvalue weighted by Crippen LogP contribution is 2.51. The van der Waals surface area contributed by atoms with Crippen LogP contribution in [-0.4, -0.2) is 21.9 Å². The lowest BCUT2D eigenvalue weighted by Crippen LogP contribution is -2.56. The Kier molecular flexibility index (Phi) is 6.99. The lowest BCUT2D eigenvalue weighted by molar-refractivity contribution is -0.332. The number of halogens is 9. The number of hydrogen-bond donors (Lipinski definition) is 0. The third-order valence-electron chi connectivity index (χ3n) is 3.67. The van der Waals surface area contributed by atoms with Gasteiger partial charge in [-0.3, -0.25) is 0 Å². The van der Waals surface area contributed by atoms with Gasteiger partial charge in [0.25, 0.3) is 0 Å². The van der Waals surface area contributed by atoms with E-state index >= 15 is 0 Å². The highest BCUT2D eigenvalue weighted by molar-refractivity contribution is 9.11. The average Bonchev–Trinajstić information content (AvgIpc) is 2.62. The van der Waals surface area contributed by atoms with E-state index < -0.39 is 33.4 Å². The third kappa shape index (κ3) is 4.73. The molecule has 0 amide bonds. The smallest absolute Gasteiger partial charge is 0.486 e. The van der Waals surface area contributed by atoms with Crippen LogP contribution in [0, 0.1) is 17.4 Å². The minimum Gasteiger partial charge on any atom is -0.607 e. The molecule has 1 radical (unpaired) electrons. The molecule has 2 nitrogen and oxygen atoms in total. The molecule has 1 unspecified atom stereocenters. The van der Waals surface area contributed by atoms with Crippen LogP contribution in [0.1, 0.15) is 16.7 Å². The van der Waals surface area contributed by atoms with Gasteiger partial charge in [0.1, 0.15) is 0 Å². The summed E-state index contributed by atoms with van der Waals surface area (Å²) in [6, 6.07) is 10.9. The summed E-state index contributed by atoms with van der Waals surface area (Å²) >= 11 is 1.79. The maximum absolute atomic E-state index is 14.0. The molecule has 0 spiro atoms. The Balaban J connectivity index is 2.55. The minimum atomic E-state index is -6.60. The molecule has 0 aliphatic carbocycles. The molecule has 2 rings (SSSR count). The van der Waals surface area contributed by atoms with E-state index in [1.807, 2.05) is 6.07 Å². The van der Waals surface area contributed by atoms with Crippen molar-refractivity contribution in [1.29, 1.82) is 5.26 Å². The summed E-state index contributed by atoms with van der Waals surface area (Å²) < 4.78 is 104. The first-order chi connectivity index (χ1) is 13.2. The van der Waals surface area contributed by atoms with Crippen molar-refractivity contribution in [3.05, 3.63) is 62.0 Å². The first-order valence-electron chi connectivity index (χ1n) is 7.36. The number of alkyl halides is 7. The normalized spacial score (nSPS) is 13.8. The Hall–Kier alpha value is -1.29. The zero-order valence-corrected chi connectivity index (χ0v) is 17.7. The third-order valence-corrected chi connectivity index (χ3v) is 6.26. The van der Waals surface area contributed by atoms with E-state index in [9.17, 15) is 35.3 Å². The summed E-state index contributed by atoms with van der Waals surface area (Å²) in [5.41, 5.74) is 0.480. The summed E-state index contributed by atoms with van der Waals surface area (Å²) in [6.45, 7) is 0. The van der Waals surface area contributed by atoms with Crippen molar-refractivity contribution in [2.45, 2.75) is 28.7 Å². The van der Waals surface area contributed by atoms with Gasteiger partial charge in [-0.25, -0.2) is 0 Å². The van der Waals surface area contributed by atoms with Gasteiger partial charge in [-0.15, -0.1) is 8.78 Å². The van der Waals surface area contributed by atoms with E-state index in [4.69, 9.17) is 5.26 Å². The molecular formula is C17H7Br2F7NOS. The predicted octanol–water partition coefficient (Wildman–Crippen LogP) is 6.37. The van der Waals surface area contributed by atoms with Crippen LogP contribution >= 0.6 is 31.9 Å². The lowest BCUT2D eigenvalue weighted by Gasteiger charge is -2.29. The monoisotopic (exact) mass is 564 g/mol.